The largest absolute Gasteiger partial charge is 0.508 e. The van der Waals surface area contributed by atoms with Crippen LogP contribution in [0.4, 0.5) is 0 Å². The van der Waals surface area contributed by atoms with E-state index in [2.05, 4.69) is 0 Å². The lowest BCUT2D eigenvalue weighted by Gasteiger charge is -2.27. The molecule has 0 unspecified atom stereocenters. The van der Waals surface area contributed by atoms with E-state index in [0.29, 0.717) is 35.5 Å². The van der Waals surface area contributed by atoms with Crippen LogP contribution >= 0.6 is 0 Å². The fraction of sp³-hybridized carbons (Fsp3) is 0.161. The van der Waals surface area contributed by atoms with Crippen molar-refractivity contribution >= 4 is 21.5 Å². The number of rotatable bonds is 4. The Labute approximate surface area is 213 Å². The number of phenols is 3. The molecule has 0 saturated carbocycles. The first-order chi connectivity index (χ1) is 17.9. The van der Waals surface area contributed by atoms with Gasteiger partial charge in [-0.05, 0) is 76.0 Å². The highest BCUT2D eigenvalue weighted by molar-refractivity contribution is 6.17. The van der Waals surface area contributed by atoms with Gasteiger partial charge >= 0.3 is 0 Å². The number of phenolic OH excluding ortho intramolecular Hbond substituents is 3. The fourth-order valence-electron chi connectivity index (χ4n) is 5.71. The lowest BCUT2D eigenvalue weighted by atomic mass is 9.79. The number of hydrogen-bond donors (Lipinski definition) is 3. The Kier molecular flexibility index (Phi) is 5.26. The minimum absolute atomic E-state index is 0.0105. The molecule has 0 atom stereocenters. The van der Waals surface area contributed by atoms with Gasteiger partial charge in [0.25, 0.3) is 0 Å². The van der Waals surface area contributed by atoms with Crippen molar-refractivity contribution in [1.29, 1.82) is 0 Å². The molecule has 0 bridgehead atoms. The average Bonchev–Trinajstić information content (AvgIpc) is 2.91. The molecule has 1 aliphatic carbocycles. The predicted octanol–water partition coefficient (Wildman–Crippen LogP) is 6.57. The molecule has 0 aromatic heterocycles. The van der Waals surface area contributed by atoms with Crippen LogP contribution in [-0.2, 0) is 12.8 Å². The highest BCUT2D eigenvalue weighted by atomic mass is 16.5. The van der Waals surface area contributed by atoms with E-state index in [4.69, 9.17) is 14.2 Å². The second-order valence-corrected chi connectivity index (χ2v) is 9.22. The number of aryl methyl sites for hydroxylation is 1. The number of benzene rings is 5. The van der Waals surface area contributed by atoms with Crippen LogP contribution in [0.15, 0.2) is 60.7 Å². The summed E-state index contributed by atoms with van der Waals surface area (Å²) in [5.74, 6) is 2.07. The molecule has 5 aromatic rings. The summed E-state index contributed by atoms with van der Waals surface area (Å²) in [5.41, 5.74) is 4.77. The fourth-order valence-corrected chi connectivity index (χ4v) is 5.71. The molecule has 186 valence electrons. The van der Waals surface area contributed by atoms with Crippen LogP contribution < -0.4 is 14.2 Å². The SMILES string of the molecule is COc1ccc2c(ccc3c(-c4c(O)cc(OC)c5c4CCc4cc(O)ccc4-5)c(O)cc(OC)c32)c1. The molecule has 6 nitrogen and oxygen atoms in total. The first kappa shape index (κ1) is 22.9. The summed E-state index contributed by atoms with van der Waals surface area (Å²) in [6, 6.07) is 18.2. The van der Waals surface area contributed by atoms with Crippen LogP contribution in [0, 0.1) is 0 Å². The summed E-state index contributed by atoms with van der Waals surface area (Å²) in [7, 11) is 4.79. The second kappa shape index (κ2) is 8.52. The normalized spacial score (nSPS) is 12.3. The van der Waals surface area contributed by atoms with E-state index in [1.54, 1.807) is 45.6 Å². The van der Waals surface area contributed by atoms with Crippen molar-refractivity contribution in [2.75, 3.05) is 21.3 Å². The van der Waals surface area contributed by atoms with Gasteiger partial charge in [-0.3, -0.25) is 0 Å². The van der Waals surface area contributed by atoms with Gasteiger partial charge in [0.2, 0.25) is 0 Å². The molecule has 37 heavy (non-hydrogen) atoms. The number of hydrogen-bond acceptors (Lipinski definition) is 6. The third-order valence-electron chi connectivity index (χ3n) is 7.33. The molecule has 5 aromatic carbocycles. The summed E-state index contributed by atoms with van der Waals surface area (Å²) in [6.45, 7) is 0. The van der Waals surface area contributed by atoms with Crippen molar-refractivity contribution in [1.82, 2.24) is 0 Å². The van der Waals surface area contributed by atoms with Crippen molar-refractivity contribution in [3.63, 3.8) is 0 Å². The zero-order chi connectivity index (χ0) is 25.8. The van der Waals surface area contributed by atoms with E-state index < -0.39 is 0 Å². The summed E-state index contributed by atoms with van der Waals surface area (Å²) in [6.07, 6.45) is 1.28. The quantitative estimate of drug-likeness (QED) is 0.245. The summed E-state index contributed by atoms with van der Waals surface area (Å²) >= 11 is 0. The Morgan fingerprint density at radius 1 is 0.622 bits per heavy atom. The van der Waals surface area contributed by atoms with Gasteiger partial charge in [-0.15, -0.1) is 0 Å². The molecular weight excluding hydrogens is 468 g/mol. The van der Waals surface area contributed by atoms with Crippen LogP contribution in [0.1, 0.15) is 11.1 Å². The molecule has 6 heteroatoms. The minimum atomic E-state index is 0.0105. The Morgan fingerprint density at radius 2 is 1.35 bits per heavy atom. The first-order valence-electron chi connectivity index (χ1n) is 12.0. The zero-order valence-corrected chi connectivity index (χ0v) is 20.8. The summed E-state index contributed by atoms with van der Waals surface area (Å²) < 4.78 is 16.8. The van der Waals surface area contributed by atoms with Crippen LogP contribution in [0.25, 0.3) is 43.8 Å². The molecule has 0 radical (unpaired) electrons. The van der Waals surface area contributed by atoms with Gasteiger partial charge in [-0.1, -0.05) is 18.2 Å². The topological polar surface area (TPSA) is 88.4 Å². The number of aromatic hydroxyl groups is 3. The molecule has 0 heterocycles. The molecule has 1 aliphatic rings. The Bertz CT molecular complexity index is 1720. The summed E-state index contributed by atoms with van der Waals surface area (Å²) in [4.78, 5) is 0. The van der Waals surface area contributed by atoms with Gasteiger partial charge in [-0.2, -0.15) is 0 Å². The van der Waals surface area contributed by atoms with Crippen molar-refractivity contribution in [3.8, 4) is 56.8 Å². The van der Waals surface area contributed by atoms with Crippen LogP contribution in [0.3, 0.4) is 0 Å². The van der Waals surface area contributed by atoms with Crippen molar-refractivity contribution in [3.05, 3.63) is 71.8 Å². The molecule has 3 N–H and O–H groups in total. The minimum Gasteiger partial charge on any atom is -0.508 e. The molecule has 0 fully saturated rings. The van der Waals surface area contributed by atoms with Crippen LogP contribution in [0.5, 0.6) is 34.5 Å². The van der Waals surface area contributed by atoms with Gasteiger partial charge in [0.05, 0.1) is 21.3 Å². The standard InChI is InChI=1S/C31H26O6/c1-35-19-7-11-21-17(13-19)5-9-23-29(21)27(37-3)15-25(34)31(23)30-22-8-4-16-12-18(32)6-10-20(16)28(22)26(36-2)14-24(30)33/h5-7,9-15,32-34H,4,8H2,1-3H3. The maximum Gasteiger partial charge on any atom is 0.131 e. The highest BCUT2D eigenvalue weighted by Crippen LogP contribution is 2.53. The molecule has 6 rings (SSSR count). The molecule has 0 saturated heterocycles. The van der Waals surface area contributed by atoms with Gasteiger partial charge in [0.1, 0.15) is 34.5 Å². The van der Waals surface area contributed by atoms with E-state index in [9.17, 15) is 15.3 Å². The maximum absolute atomic E-state index is 11.3. The molecular formula is C31H26O6. The van der Waals surface area contributed by atoms with E-state index in [1.807, 2.05) is 36.4 Å². The lowest BCUT2D eigenvalue weighted by molar-refractivity contribution is 0.408. The number of ether oxygens (including phenoxy) is 3. The van der Waals surface area contributed by atoms with Crippen LogP contribution in [0.2, 0.25) is 0 Å². The Balaban J connectivity index is 1.73. The first-order valence-corrected chi connectivity index (χ1v) is 12.0. The zero-order valence-electron chi connectivity index (χ0n) is 20.8. The Hall–Kier alpha value is -4.58. The van der Waals surface area contributed by atoms with Crippen LogP contribution in [-0.4, -0.2) is 36.6 Å². The van der Waals surface area contributed by atoms with Gasteiger partial charge in [-0.25, -0.2) is 0 Å². The van der Waals surface area contributed by atoms with Gasteiger partial charge in [0.15, 0.2) is 0 Å². The van der Waals surface area contributed by atoms with Gasteiger partial charge in [0, 0.05) is 34.2 Å². The highest BCUT2D eigenvalue weighted by Gasteiger charge is 2.29. The maximum atomic E-state index is 11.3. The van der Waals surface area contributed by atoms with Crippen molar-refractivity contribution in [2.45, 2.75) is 12.8 Å². The van der Waals surface area contributed by atoms with Crippen molar-refractivity contribution in [2.24, 2.45) is 0 Å². The van der Waals surface area contributed by atoms with Crippen molar-refractivity contribution < 1.29 is 29.5 Å². The summed E-state index contributed by atoms with van der Waals surface area (Å²) in [5, 5.41) is 36.2. The number of methoxy groups -OCH3 is 3. The monoisotopic (exact) mass is 494 g/mol. The molecule has 0 aliphatic heterocycles. The Morgan fingerprint density at radius 3 is 2.11 bits per heavy atom. The lowest BCUT2D eigenvalue weighted by Crippen LogP contribution is -2.08. The van der Waals surface area contributed by atoms with E-state index >= 15 is 0 Å². The van der Waals surface area contributed by atoms with E-state index in [1.165, 1.54) is 0 Å². The number of fused-ring (bicyclic) bond motifs is 6. The average molecular weight is 495 g/mol. The smallest absolute Gasteiger partial charge is 0.131 e. The van der Waals surface area contributed by atoms with E-state index in [0.717, 1.165) is 49.5 Å². The molecule has 0 amide bonds. The third kappa shape index (κ3) is 3.40. The van der Waals surface area contributed by atoms with E-state index in [-0.39, 0.29) is 17.2 Å². The molecule has 0 spiro atoms. The third-order valence-corrected chi connectivity index (χ3v) is 7.33. The second-order valence-electron chi connectivity index (χ2n) is 9.22. The predicted molar refractivity (Wildman–Crippen MR) is 144 cm³/mol. The van der Waals surface area contributed by atoms with Gasteiger partial charge < -0.3 is 29.5 Å².